The minimum absolute atomic E-state index is 0.0479. The Hall–Kier alpha value is -0.130. The van der Waals surface area contributed by atoms with Gasteiger partial charge in [0.2, 0.25) is 10.0 Å². The van der Waals surface area contributed by atoms with Crippen molar-refractivity contribution >= 4 is 10.0 Å². The Balaban J connectivity index is 2.82. The third-order valence-corrected chi connectivity index (χ3v) is 6.28. The predicted molar refractivity (Wildman–Crippen MR) is 85.0 cm³/mol. The van der Waals surface area contributed by atoms with Crippen LogP contribution in [0.15, 0.2) is 0 Å². The fourth-order valence-corrected chi connectivity index (χ4v) is 5.22. The summed E-state index contributed by atoms with van der Waals surface area (Å²) in [6.45, 7) is 9.35. The van der Waals surface area contributed by atoms with E-state index in [4.69, 9.17) is 5.73 Å². The Morgan fingerprint density at radius 1 is 1.20 bits per heavy atom. The smallest absolute Gasteiger partial charge is 0.214 e. The first kappa shape index (κ1) is 17.9. The first-order valence-electron chi connectivity index (χ1n) is 7.91. The van der Waals surface area contributed by atoms with Gasteiger partial charge in [0.25, 0.3) is 0 Å². The van der Waals surface area contributed by atoms with E-state index < -0.39 is 10.0 Å². The van der Waals surface area contributed by atoms with Crippen molar-refractivity contribution in [2.24, 2.45) is 17.1 Å². The van der Waals surface area contributed by atoms with Crippen LogP contribution < -0.4 is 5.73 Å². The van der Waals surface area contributed by atoms with E-state index >= 15 is 0 Å². The van der Waals surface area contributed by atoms with Gasteiger partial charge in [-0.15, -0.1) is 0 Å². The normalized spacial score (nSPS) is 25.1. The van der Waals surface area contributed by atoms with Crippen molar-refractivity contribution in [3.63, 3.8) is 0 Å². The molecule has 2 atom stereocenters. The fourth-order valence-electron chi connectivity index (χ4n) is 3.03. The molecule has 1 aliphatic rings. The lowest BCUT2D eigenvalue weighted by molar-refractivity contribution is 0.187. The molecule has 0 aliphatic heterocycles. The van der Waals surface area contributed by atoms with Crippen LogP contribution >= 0.6 is 0 Å². The standard InChI is InChI=1S/C15H32N2O2S/c1-5-17(14-9-7-6-8-13(14)12-16)20(18,19)11-10-15(2,3)4/h13-14H,5-12,16H2,1-4H3. The van der Waals surface area contributed by atoms with Gasteiger partial charge in [-0.2, -0.15) is 4.31 Å². The second kappa shape index (κ2) is 7.23. The highest BCUT2D eigenvalue weighted by Crippen LogP contribution is 2.30. The van der Waals surface area contributed by atoms with Crippen molar-refractivity contribution in [3.8, 4) is 0 Å². The molecule has 20 heavy (non-hydrogen) atoms. The molecule has 0 aromatic heterocycles. The molecule has 1 rings (SSSR count). The van der Waals surface area contributed by atoms with Gasteiger partial charge in [-0.05, 0) is 37.1 Å². The van der Waals surface area contributed by atoms with Crippen molar-refractivity contribution in [1.82, 2.24) is 4.31 Å². The molecule has 1 saturated carbocycles. The van der Waals surface area contributed by atoms with Gasteiger partial charge < -0.3 is 5.73 Å². The highest BCUT2D eigenvalue weighted by molar-refractivity contribution is 7.89. The van der Waals surface area contributed by atoms with E-state index in [-0.39, 0.29) is 17.2 Å². The summed E-state index contributed by atoms with van der Waals surface area (Å²) in [5, 5.41) is 0. The summed E-state index contributed by atoms with van der Waals surface area (Å²) >= 11 is 0. The van der Waals surface area contributed by atoms with Gasteiger partial charge in [-0.3, -0.25) is 0 Å². The monoisotopic (exact) mass is 304 g/mol. The van der Waals surface area contributed by atoms with Crippen molar-refractivity contribution in [3.05, 3.63) is 0 Å². The van der Waals surface area contributed by atoms with Crippen molar-refractivity contribution < 1.29 is 8.42 Å². The molecule has 1 fully saturated rings. The molecule has 0 aromatic rings. The van der Waals surface area contributed by atoms with E-state index in [0.717, 1.165) is 19.3 Å². The Bertz CT molecular complexity index is 387. The quantitative estimate of drug-likeness (QED) is 0.820. The molecule has 5 heteroatoms. The summed E-state index contributed by atoms with van der Waals surface area (Å²) in [7, 11) is -3.17. The number of rotatable bonds is 6. The number of sulfonamides is 1. The van der Waals surface area contributed by atoms with E-state index in [2.05, 4.69) is 20.8 Å². The van der Waals surface area contributed by atoms with Crippen LogP contribution in [0.2, 0.25) is 0 Å². The molecule has 0 spiro atoms. The maximum Gasteiger partial charge on any atom is 0.214 e. The Morgan fingerprint density at radius 3 is 2.30 bits per heavy atom. The SMILES string of the molecule is CCN(C1CCCCC1CN)S(=O)(=O)CCC(C)(C)C. The van der Waals surface area contributed by atoms with E-state index in [0.29, 0.717) is 25.4 Å². The maximum absolute atomic E-state index is 12.7. The average molecular weight is 305 g/mol. The molecular weight excluding hydrogens is 272 g/mol. The third-order valence-electron chi connectivity index (χ3n) is 4.32. The molecule has 2 unspecified atom stereocenters. The molecule has 0 heterocycles. The Morgan fingerprint density at radius 2 is 1.80 bits per heavy atom. The topological polar surface area (TPSA) is 63.4 Å². The summed E-state index contributed by atoms with van der Waals surface area (Å²) < 4.78 is 27.0. The number of hydrogen-bond donors (Lipinski definition) is 1. The molecule has 0 aromatic carbocycles. The van der Waals surface area contributed by atoms with E-state index in [1.54, 1.807) is 4.31 Å². The second-order valence-corrected chi connectivity index (χ2v) is 9.22. The molecule has 1 aliphatic carbocycles. The van der Waals surface area contributed by atoms with Gasteiger partial charge in [0.05, 0.1) is 5.75 Å². The molecule has 4 nitrogen and oxygen atoms in total. The first-order chi connectivity index (χ1) is 9.21. The van der Waals surface area contributed by atoms with E-state index in [9.17, 15) is 8.42 Å². The molecule has 0 amide bonds. The van der Waals surface area contributed by atoms with Crippen LogP contribution in [-0.4, -0.2) is 37.6 Å². The lowest BCUT2D eigenvalue weighted by Gasteiger charge is -2.38. The van der Waals surface area contributed by atoms with Gasteiger partial charge in [0, 0.05) is 12.6 Å². The number of hydrogen-bond acceptors (Lipinski definition) is 3. The first-order valence-corrected chi connectivity index (χ1v) is 9.52. The highest BCUT2D eigenvalue weighted by atomic mass is 32.2. The van der Waals surface area contributed by atoms with E-state index in [1.165, 1.54) is 6.42 Å². The zero-order chi connectivity index (χ0) is 15.4. The molecule has 0 bridgehead atoms. The van der Waals surface area contributed by atoms with Crippen molar-refractivity contribution in [2.45, 2.75) is 65.8 Å². The summed E-state index contributed by atoms with van der Waals surface area (Å²) in [5.74, 6) is 0.575. The minimum atomic E-state index is -3.17. The molecule has 120 valence electrons. The lowest BCUT2D eigenvalue weighted by atomic mass is 9.84. The van der Waals surface area contributed by atoms with Gasteiger partial charge in [-0.1, -0.05) is 40.5 Å². The zero-order valence-electron chi connectivity index (χ0n) is 13.6. The molecular formula is C15H32N2O2S. The highest BCUT2D eigenvalue weighted by Gasteiger charge is 2.35. The van der Waals surface area contributed by atoms with Crippen LogP contribution in [0.1, 0.15) is 59.8 Å². The van der Waals surface area contributed by atoms with Gasteiger partial charge in [-0.25, -0.2) is 8.42 Å². The van der Waals surface area contributed by atoms with Crippen LogP contribution in [0.3, 0.4) is 0 Å². The van der Waals surface area contributed by atoms with Crippen molar-refractivity contribution in [1.29, 1.82) is 0 Å². The minimum Gasteiger partial charge on any atom is -0.330 e. The molecule has 0 radical (unpaired) electrons. The van der Waals surface area contributed by atoms with Crippen LogP contribution in [0.25, 0.3) is 0 Å². The van der Waals surface area contributed by atoms with E-state index in [1.807, 2.05) is 6.92 Å². The van der Waals surface area contributed by atoms with Crippen LogP contribution in [0.4, 0.5) is 0 Å². The Kier molecular flexibility index (Phi) is 6.48. The maximum atomic E-state index is 12.7. The van der Waals surface area contributed by atoms with Crippen LogP contribution in [0.5, 0.6) is 0 Å². The summed E-state index contributed by atoms with van der Waals surface area (Å²) in [4.78, 5) is 0. The largest absolute Gasteiger partial charge is 0.330 e. The summed E-state index contributed by atoms with van der Waals surface area (Å²) in [6, 6.07) is 0.115. The summed E-state index contributed by atoms with van der Waals surface area (Å²) in [6.07, 6.45) is 5.02. The van der Waals surface area contributed by atoms with Crippen molar-refractivity contribution in [2.75, 3.05) is 18.8 Å². The zero-order valence-corrected chi connectivity index (χ0v) is 14.4. The Labute approximate surface area is 125 Å². The predicted octanol–water partition coefficient (Wildman–Crippen LogP) is 2.59. The fraction of sp³-hybridized carbons (Fsp3) is 1.00. The van der Waals surface area contributed by atoms with Crippen LogP contribution in [0, 0.1) is 11.3 Å². The number of nitrogens with two attached hydrogens (primary N) is 1. The van der Waals surface area contributed by atoms with Gasteiger partial charge >= 0.3 is 0 Å². The number of nitrogens with zero attached hydrogens (tertiary/aromatic N) is 1. The van der Waals surface area contributed by atoms with Gasteiger partial charge in [0.15, 0.2) is 0 Å². The summed E-state index contributed by atoms with van der Waals surface area (Å²) in [5.41, 5.74) is 5.90. The second-order valence-electron chi connectivity index (χ2n) is 7.18. The third kappa shape index (κ3) is 5.01. The average Bonchev–Trinajstić information content (AvgIpc) is 2.37. The molecule has 2 N–H and O–H groups in total. The molecule has 0 saturated heterocycles. The lowest BCUT2D eigenvalue weighted by Crippen LogP contribution is -2.48. The van der Waals surface area contributed by atoms with Gasteiger partial charge in [0.1, 0.15) is 0 Å². The van der Waals surface area contributed by atoms with Crippen LogP contribution in [-0.2, 0) is 10.0 Å².